The summed E-state index contributed by atoms with van der Waals surface area (Å²) in [5, 5.41) is 14.0. The van der Waals surface area contributed by atoms with E-state index in [1.165, 1.54) is 12.1 Å². The Balaban J connectivity index is 1.14. The molecule has 0 atom stereocenters. The van der Waals surface area contributed by atoms with E-state index in [0.717, 1.165) is 29.8 Å². The molecule has 0 bridgehead atoms. The van der Waals surface area contributed by atoms with Crippen molar-refractivity contribution >= 4 is 34.8 Å². The molecule has 1 aliphatic rings. The molecule has 0 unspecified atom stereocenters. The van der Waals surface area contributed by atoms with Gasteiger partial charge in [0.15, 0.2) is 5.65 Å². The summed E-state index contributed by atoms with van der Waals surface area (Å²) >= 11 is 0. The fraction of sp³-hybridized carbons (Fsp3) is 0.212. The van der Waals surface area contributed by atoms with Crippen molar-refractivity contribution < 1.29 is 18.7 Å². The van der Waals surface area contributed by atoms with Gasteiger partial charge in [-0.25, -0.2) is 8.91 Å². The monoisotopic (exact) mass is 593 g/mol. The number of carbonyl (C=O) groups excluding carboxylic acids is 2. The van der Waals surface area contributed by atoms with Gasteiger partial charge in [0.05, 0.1) is 18.7 Å². The summed E-state index contributed by atoms with van der Waals surface area (Å²) in [5.74, 6) is 0.420. The second kappa shape index (κ2) is 12.9. The van der Waals surface area contributed by atoms with Crippen molar-refractivity contribution in [1.82, 2.24) is 24.8 Å². The van der Waals surface area contributed by atoms with E-state index in [4.69, 9.17) is 4.74 Å². The van der Waals surface area contributed by atoms with Gasteiger partial charge in [0, 0.05) is 49.2 Å². The zero-order valence-electron chi connectivity index (χ0n) is 24.2. The number of hydrogen-bond acceptors (Lipinski definition) is 7. The van der Waals surface area contributed by atoms with Crippen molar-refractivity contribution in [2.24, 2.45) is 0 Å². The van der Waals surface area contributed by atoms with Gasteiger partial charge in [-0.15, -0.1) is 5.10 Å². The van der Waals surface area contributed by atoms with Crippen LogP contribution in [0.2, 0.25) is 0 Å². The predicted molar refractivity (Wildman–Crippen MR) is 167 cm³/mol. The molecule has 0 saturated carbocycles. The Labute approximate surface area is 253 Å². The number of nitrogens with zero attached hydrogens (tertiary/aromatic N) is 4. The van der Waals surface area contributed by atoms with Crippen LogP contribution in [0.3, 0.4) is 0 Å². The first-order valence-electron chi connectivity index (χ1n) is 14.5. The lowest BCUT2D eigenvalue weighted by Crippen LogP contribution is -2.46. The lowest BCUT2D eigenvalue weighted by atomic mass is 10.1. The molecule has 2 aromatic heterocycles. The Kier molecular flexibility index (Phi) is 8.46. The van der Waals surface area contributed by atoms with Gasteiger partial charge >= 0.3 is 0 Å². The zero-order valence-corrected chi connectivity index (χ0v) is 24.2. The predicted octanol–water partition coefficient (Wildman–Crippen LogP) is 4.90. The average molecular weight is 594 g/mol. The number of nitrogens with one attached hydrogen (secondary N) is 3. The van der Waals surface area contributed by atoms with Gasteiger partial charge in [0.2, 0.25) is 11.9 Å². The fourth-order valence-electron chi connectivity index (χ4n) is 5.05. The number of hydrogen-bond donors (Lipinski definition) is 3. The Morgan fingerprint density at radius 2 is 1.70 bits per heavy atom. The summed E-state index contributed by atoms with van der Waals surface area (Å²) in [6.07, 6.45) is 2.04. The standard InChI is InChI=1S/C33H32FN7O3/c1-2-44-29-20-24(32(43)40-17-15-35-16-18-40)7-13-28(29)37-33-38-30-14-8-25(21-41(30)39-33)23-5-11-27(12-6-23)36-31(42)19-22-3-9-26(34)10-4-22/h3-14,20-21,35H,2,15-19H2,1H3,(H,36,42)(H,37,39). The number of halogens is 1. The molecule has 0 spiro atoms. The number of ether oxygens (including phenoxy) is 1. The largest absolute Gasteiger partial charge is 0.492 e. The molecule has 5 aromatic rings. The second-order valence-corrected chi connectivity index (χ2v) is 10.4. The summed E-state index contributed by atoms with van der Waals surface area (Å²) in [6.45, 7) is 5.26. The molecule has 2 amide bonds. The van der Waals surface area contributed by atoms with E-state index in [1.54, 1.807) is 28.8 Å². The molecule has 0 radical (unpaired) electrons. The zero-order chi connectivity index (χ0) is 30.5. The highest BCUT2D eigenvalue weighted by atomic mass is 19.1. The summed E-state index contributed by atoms with van der Waals surface area (Å²) in [4.78, 5) is 31.9. The summed E-state index contributed by atoms with van der Waals surface area (Å²) in [6, 6.07) is 22.6. The lowest BCUT2D eigenvalue weighted by molar-refractivity contribution is -0.115. The molecular weight excluding hydrogens is 561 g/mol. The van der Waals surface area contributed by atoms with Crippen molar-refractivity contribution in [3.05, 3.63) is 102 Å². The first-order valence-corrected chi connectivity index (χ1v) is 14.5. The van der Waals surface area contributed by atoms with E-state index in [0.29, 0.717) is 54.0 Å². The fourth-order valence-corrected chi connectivity index (χ4v) is 5.05. The molecule has 11 heteroatoms. The van der Waals surface area contributed by atoms with Crippen LogP contribution in [0.25, 0.3) is 16.8 Å². The third kappa shape index (κ3) is 6.68. The summed E-state index contributed by atoms with van der Waals surface area (Å²) < 4.78 is 20.7. The molecule has 1 fully saturated rings. The van der Waals surface area contributed by atoms with Crippen LogP contribution >= 0.6 is 0 Å². The molecule has 10 nitrogen and oxygen atoms in total. The first-order chi connectivity index (χ1) is 21.4. The number of anilines is 3. The molecule has 1 saturated heterocycles. The summed E-state index contributed by atoms with van der Waals surface area (Å²) in [5.41, 5.74) is 5.16. The van der Waals surface area contributed by atoms with E-state index in [-0.39, 0.29) is 24.1 Å². The van der Waals surface area contributed by atoms with Crippen molar-refractivity contribution in [2.75, 3.05) is 43.4 Å². The topological polar surface area (TPSA) is 113 Å². The van der Waals surface area contributed by atoms with Crippen LogP contribution in [0.15, 0.2) is 85.1 Å². The molecule has 224 valence electrons. The van der Waals surface area contributed by atoms with Gasteiger partial charge in [0.25, 0.3) is 5.91 Å². The number of fused-ring (bicyclic) bond motifs is 1. The number of aromatic nitrogens is 3. The lowest BCUT2D eigenvalue weighted by Gasteiger charge is -2.27. The number of benzene rings is 3. The van der Waals surface area contributed by atoms with Crippen molar-refractivity contribution in [3.63, 3.8) is 0 Å². The Morgan fingerprint density at radius 1 is 0.955 bits per heavy atom. The number of pyridine rings is 1. The Hall–Kier alpha value is -5.29. The highest BCUT2D eigenvalue weighted by molar-refractivity contribution is 5.95. The smallest absolute Gasteiger partial charge is 0.254 e. The number of piperazine rings is 1. The quantitative estimate of drug-likeness (QED) is 0.223. The van der Waals surface area contributed by atoms with Crippen LogP contribution < -0.4 is 20.7 Å². The molecular formula is C33H32FN7O3. The van der Waals surface area contributed by atoms with Crippen LogP contribution in [0.5, 0.6) is 5.75 Å². The molecule has 3 aromatic carbocycles. The average Bonchev–Trinajstić information content (AvgIpc) is 3.45. The minimum absolute atomic E-state index is 0.0159. The van der Waals surface area contributed by atoms with E-state index < -0.39 is 0 Å². The minimum atomic E-state index is -0.331. The van der Waals surface area contributed by atoms with Gasteiger partial charge in [0.1, 0.15) is 11.6 Å². The maximum atomic E-state index is 13.1. The minimum Gasteiger partial charge on any atom is -0.492 e. The van der Waals surface area contributed by atoms with Crippen LogP contribution in [0.1, 0.15) is 22.8 Å². The molecule has 44 heavy (non-hydrogen) atoms. The van der Waals surface area contributed by atoms with E-state index in [1.807, 2.05) is 60.5 Å². The highest BCUT2D eigenvalue weighted by Crippen LogP contribution is 2.29. The van der Waals surface area contributed by atoms with Crippen LogP contribution in [-0.2, 0) is 11.2 Å². The van der Waals surface area contributed by atoms with E-state index in [2.05, 4.69) is 26.0 Å². The second-order valence-electron chi connectivity index (χ2n) is 10.4. The SMILES string of the molecule is CCOc1cc(C(=O)N2CCNCC2)ccc1Nc1nc2ccc(-c3ccc(NC(=O)Cc4ccc(F)cc4)cc3)cn2n1. The number of amides is 2. The van der Waals surface area contributed by atoms with Crippen molar-refractivity contribution in [1.29, 1.82) is 0 Å². The maximum absolute atomic E-state index is 13.1. The number of carbonyl (C=O) groups is 2. The van der Waals surface area contributed by atoms with E-state index in [9.17, 15) is 14.0 Å². The highest BCUT2D eigenvalue weighted by Gasteiger charge is 2.20. The third-order valence-electron chi connectivity index (χ3n) is 7.29. The van der Waals surface area contributed by atoms with Gasteiger partial charge in [-0.2, -0.15) is 4.98 Å². The molecule has 3 heterocycles. The van der Waals surface area contributed by atoms with Gasteiger partial charge in [-0.05, 0) is 72.6 Å². The van der Waals surface area contributed by atoms with Crippen molar-refractivity contribution in [2.45, 2.75) is 13.3 Å². The van der Waals surface area contributed by atoms with Crippen LogP contribution in [0.4, 0.5) is 21.7 Å². The maximum Gasteiger partial charge on any atom is 0.254 e. The normalized spacial score (nSPS) is 13.1. The Morgan fingerprint density at radius 3 is 2.45 bits per heavy atom. The van der Waals surface area contributed by atoms with Crippen molar-refractivity contribution in [3.8, 4) is 16.9 Å². The van der Waals surface area contributed by atoms with Gasteiger partial charge in [-0.3, -0.25) is 9.59 Å². The molecule has 1 aliphatic heterocycles. The van der Waals surface area contributed by atoms with Crippen LogP contribution in [0, 0.1) is 5.82 Å². The third-order valence-corrected chi connectivity index (χ3v) is 7.29. The van der Waals surface area contributed by atoms with Crippen LogP contribution in [-0.4, -0.2) is 64.1 Å². The molecule has 6 rings (SSSR count). The number of rotatable bonds is 9. The summed E-state index contributed by atoms with van der Waals surface area (Å²) in [7, 11) is 0. The molecule has 3 N–H and O–H groups in total. The van der Waals surface area contributed by atoms with E-state index >= 15 is 0 Å². The first kappa shape index (κ1) is 28.8. The van der Waals surface area contributed by atoms with Gasteiger partial charge < -0.3 is 25.6 Å². The molecule has 0 aliphatic carbocycles. The Bertz CT molecular complexity index is 1780. The van der Waals surface area contributed by atoms with Gasteiger partial charge in [-0.1, -0.05) is 24.3 Å².